The van der Waals surface area contributed by atoms with Gasteiger partial charge in [0.05, 0.1) is 0 Å². The van der Waals surface area contributed by atoms with E-state index in [2.05, 4.69) is 12.2 Å². The zero-order valence-electron chi connectivity index (χ0n) is 8.38. The lowest BCUT2D eigenvalue weighted by atomic mass is 10.2. The maximum atomic E-state index is 5.07. The Bertz CT molecular complexity index is 106. The number of hydrogen-bond donors (Lipinski definition) is 0. The minimum atomic E-state index is -0.0180. The summed E-state index contributed by atoms with van der Waals surface area (Å²) in [6.45, 7) is 2.05. The van der Waals surface area contributed by atoms with Gasteiger partial charge in [0.25, 0.3) is 0 Å². The lowest BCUT2D eigenvalue weighted by Crippen LogP contribution is -2.12. The van der Waals surface area contributed by atoms with Gasteiger partial charge >= 0.3 is 0 Å². The van der Waals surface area contributed by atoms with Crippen LogP contribution in [0.25, 0.3) is 0 Å². The Hall–Kier alpha value is -0.340. The highest BCUT2D eigenvalue weighted by atomic mass is 16.7. The minimum absolute atomic E-state index is 0.0180. The molecule has 0 spiro atoms. The van der Waals surface area contributed by atoms with Crippen LogP contribution in [-0.2, 0) is 9.47 Å². The van der Waals surface area contributed by atoms with Crippen molar-refractivity contribution in [1.29, 1.82) is 0 Å². The average Bonchev–Trinajstić information content (AvgIpc) is 2.11. The van der Waals surface area contributed by atoms with E-state index in [9.17, 15) is 0 Å². The van der Waals surface area contributed by atoms with E-state index in [1.165, 1.54) is 6.42 Å². The predicted octanol–water partition coefficient (Wildman–Crippen LogP) is 2.74. The molecule has 0 aliphatic rings. The largest absolute Gasteiger partial charge is 0.356 e. The molecule has 0 fully saturated rings. The maximum Gasteiger partial charge on any atom is 0.156 e. The SMILES string of the molecule is C/C=C/CCCCC(OC)OC. The zero-order valence-corrected chi connectivity index (χ0v) is 8.38. The Kier molecular flexibility index (Phi) is 8.51. The highest BCUT2D eigenvalue weighted by Crippen LogP contribution is 2.06. The Balaban J connectivity index is 3.17. The third-order valence-corrected chi connectivity index (χ3v) is 1.82. The van der Waals surface area contributed by atoms with Crippen molar-refractivity contribution >= 4 is 0 Å². The second kappa shape index (κ2) is 8.75. The number of allylic oxidation sites excluding steroid dienone is 2. The topological polar surface area (TPSA) is 18.5 Å². The third kappa shape index (κ3) is 6.38. The predicted molar refractivity (Wildman–Crippen MR) is 51.1 cm³/mol. The first kappa shape index (κ1) is 11.7. The lowest BCUT2D eigenvalue weighted by Gasteiger charge is -2.11. The van der Waals surface area contributed by atoms with Crippen molar-refractivity contribution in [2.24, 2.45) is 0 Å². The van der Waals surface area contributed by atoms with Gasteiger partial charge in [0.15, 0.2) is 6.29 Å². The molecule has 0 unspecified atom stereocenters. The number of ether oxygens (including phenoxy) is 2. The zero-order chi connectivity index (χ0) is 9.23. The van der Waals surface area contributed by atoms with Crippen LogP contribution in [-0.4, -0.2) is 20.5 Å². The van der Waals surface area contributed by atoms with Crippen molar-refractivity contribution in [1.82, 2.24) is 0 Å². The number of rotatable bonds is 7. The summed E-state index contributed by atoms with van der Waals surface area (Å²) in [4.78, 5) is 0. The van der Waals surface area contributed by atoms with Crippen LogP contribution < -0.4 is 0 Å². The van der Waals surface area contributed by atoms with E-state index in [0.717, 1.165) is 19.3 Å². The van der Waals surface area contributed by atoms with Gasteiger partial charge in [-0.15, -0.1) is 0 Å². The van der Waals surface area contributed by atoms with Gasteiger partial charge in [-0.2, -0.15) is 0 Å². The van der Waals surface area contributed by atoms with E-state index in [-0.39, 0.29) is 6.29 Å². The van der Waals surface area contributed by atoms with Crippen LogP contribution >= 0.6 is 0 Å². The van der Waals surface area contributed by atoms with Gasteiger partial charge in [-0.1, -0.05) is 12.2 Å². The molecule has 0 N–H and O–H groups in total. The highest BCUT2D eigenvalue weighted by Gasteiger charge is 2.02. The first-order valence-electron chi connectivity index (χ1n) is 4.52. The Morgan fingerprint density at radius 1 is 1.17 bits per heavy atom. The van der Waals surface area contributed by atoms with E-state index in [1.54, 1.807) is 14.2 Å². The molecule has 0 amide bonds. The van der Waals surface area contributed by atoms with Crippen LogP contribution in [0.2, 0.25) is 0 Å². The molecule has 2 heteroatoms. The van der Waals surface area contributed by atoms with E-state index >= 15 is 0 Å². The smallest absolute Gasteiger partial charge is 0.156 e. The fraction of sp³-hybridized carbons (Fsp3) is 0.800. The van der Waals surface area contributed by atoms with Crippen LogP contribution in [0.5, 0.6) is 0 Å². The summed E-state index contributed by atoms with van der Waals surface area (Å²) in [7, 11) is 3.36. The Morgan fingerprint density at radius 3 is 2.33 bits per heavy atom. The Labute approximate surface area is 75.6 Å². The van der Waals surface area contributed by atoms with Crippen LogP contribution in [0.1, 0.15) is 32.6 Å². The number of unbranched alkanes of at least 4 members (excludes halogenated alkanes) is 2. The van der Waals surface area contributed by atoms with Crippen LogP contribution in [0, 0.1) is 0 Å². The molecule has 0 heterocycles. The molecule has 0 bridgehead atoms. The monoisotopic (exact) mass is 172 g/mol. The van der Waals surface area contributed by atoms with Crippen molar-refractivity contribution < 1.29 is 9.47 Å². The van der Waals surface area contributed by atoms with E-state index in [0.29, 0.717) is 0 Å². The van der Waals surface area contributed by atoms with Gasteiger partial charge < -0.3 is 9.47 Å². The molecule has 0 aromatic heterocycles. The number of hydrogen-bond acceptors (Lipinski definition) is 2. The normalized spacial score (nSPS) is 11.7. The molecule has 2 nitrogen and oxygen atoms in total. The van der Waals surface area contributed by atoms with Crippen molar-refractivity contribution in [3.8, 4) is 0 Å². The average molecular weight is 172 g/mol. The lowest BCUT2D eigenvalue weighted by molar-refractivity contribution is -0.107. The highest BCUT2D eigenvalue weighted by molar-refractivity contribution is 4.76. The standard InChI is InChI=1S/C10H20O2/c1-4-5-6-7-8-9-10(11-2)12-3/h4-5,10H,6-9H2,1-3H3/b5-4+. The van der Waals surface area contributed by atoms with Crippen molar-refractivity contribution in [2.75, 3.05) is 14.2 Å². The fourth-order valence-corrected chi connectivity index (χ4v) is 1.07. The summed E-state index contributed by atoms with van der Waals surface area (Å²) < 4.78 is 10.1. The molecular formula is C10H20O2. The van der Waals surface area contributed by atoms with E-state index < -0.39 is 0 Å². The van der Waals surface area contributed by atoms with E-state index in [4.69, 9.17) is 9.47 Å². The van der Waals surface area contributed by atoms with Crippen LogP contribution in [0.4, 0.5) is 0 Å². The van der Waals surface area contributed by atoms with E-state index in [1.807, 2.05) is 6.92 Å². The van der Waals surface area contributed by atoms with Crippen LogP contribution in [0.15, 0.2) is 12.2 Å². The van der Waals surface area contributed by atoms with Crippen molar-refractivity contribution in [3.05, 3.63) is 12.2 Å². The molecule has 0 aromatic carbocycles. The van der Waals surface area contributed by atoms with Crippen LogP contribution in [0.3, 0.4) is 0 Å². The van der Waals surface area contributed by atoms with Gasteiger partial charge in [-0.25, -0.2) is 0 Å². The molecule has 0 saturated heterocycles. The molecule has 72 valence electrons. The number of methoxy groups -OCH3 is 2. The molecule has 0 rings (SSSR count). The summed E-state index contributed by atoms with van der Waals surface area (Å²) in [5.74, 6) is 0. The van der Waals surface area contributed by atoms with Gasteiger partial charge in [0.2, 0.25) is 0 Å². The summed E-state index contributed by atoms with van der Waals surface area (Å²) in [6.07, 6.45) is 8.79. The summed E-state index contributed by atoms with van der Waals surface area (Å²) in [5, 5.41) is 0. The summed E-state index contributed by atoms with van der Waals surface area (Å²) in [6, 6.07) is 0. The van der Waals surface area contributed by atoms with Gasteiger partial charge in [0, 0.05) is 14.2 Å². The van der Waals surface area contributed by atoms with Gasteiger partial charge in [-0.05, 0) is 32.6 Å². The summed E-state index contributed by atoms with van der Waals surface area (Å²) in [5.41, 5.74) is 0. The maximum absolute atomic E-state index is 5.07. The quantitative estimate of drug-likeness (QED) is 0.334. The minimum Gasteiger partial charge on any atom is -0.356 e. The fourth-order valence-electron chi connectivity index (χ4n) is 1.07. The second-order valence-corrected chi connectivity index (χ2v) is 2.75. The second-order valence-electron chi connectivity index (χ2n) is 2.75. The first-order valence-corrected chi connectivity index (χ1v) is 4.52. The van der Waals surface area contributed by atoms with Gasteiger partial charge in [0.1, 0.15) is 0 Å². The molecule has 0 aromatic rings. The molecule has 0 atom stereocenters. The van der Waals surface area contributed by atoms with Gasteiger partial charge in [-0.3, -0.25) is 0 Å². The molecule has 0 saturated carbocycles. The third-order valence-electron chi connectivity index (χ3n) is 1.82. The molecule has 0 radical (unpaired) electrons. The molecule has 0 aliphatic heterocycles. The molecule has 0 aliphatic carbocycles. The van der Waals surface area contributed by atoms with Crippen molar-refractivity contribution in [3.63, 3.8) is 0 Å². The Morgan fingerprint density at radius 2 is 1.83 bits per heavy atom. The molecule has 12 heavy (non-hydrogen) atoms. The molecular weight excluding hydrogens is 152 g/mol. The first-order chi connectivity index (χ1) is 5.85. The van der Waals surface area contributed by atoms with Crippen molar-refractivity contribution in [2.45, 2.75) is 38.9 Å². The summed E-state index contributed by atoms with van der Waals surface area (Å²) >= 11 is 0.